The van der Waals surface area contributed by atoms with Gasteiger partial charge in [0.15, 0.2) is 0 Å². The van der Waals surface area contributed by atoms with Crippen molar-refractivity contribution in [2.24, 2.45) is 5.73 Å². The second-order valence-electron chi connectivity index (χ2n) is 2.94. The molecule has 1 unspecified atom stereocenters. The molecular weight excluding hydrogens is 202 g/mol. The predicted octanol–water partition coefficient (Wildman–Crippen LogP) is -0.0470. The molecule has 0 aromatic carbocycles. The van der Waals surface area contributed by atoms with Gasteiger partial charge in [-0.2, -0.15) is 0 Å². The number of carboxylic acid groups (broad SMARTS) is 1. The maximum Gasteiger partial charge on any atom is 0.321 e. The van der Waals surface area contributed by atoms with Crippen molar-refractivity contribution in [1.82, 2.24) is 10.3 Å². The van der Waals surface area contributed by atoms with Gasteiger partial charge >= 0.3 is 5.97 Å². The zero-order valence-corrected chi connectivity index (χ0v) is 8.67. The van der Waals surface area contributed by atoms with Gasteiger partial charge in [0.25, 0.3) is 0 Å². The van der Waals surface area contributed by atoms with E-state index >= 15 is 0 Å². The second-order valence-corrected chi connectivity index (χ2v) is 4.26. The summed E-state index contributed by atoms with van der Waals surface area (Å²) in [5, 5.41) is 12.4. The fourth-order valence-corrected chi connectivity index (χ4v) is 1.66. The molecule has 0 spiro atoms. The normalized spacial score (nSPS) is 12.7. The molecule has 0 aliphatic carbocycles. The Balaban J connectivity index is 2.25. The number of carbonyl (C=O) groups is 1. The molecule has 1 atom stereocenters. The van der Waals surface area contributed by atoms with E-state index < -0.39 is 12.0 Å². The van der Waals surface area contributed by atoms with Crippen LogP contribution < -0.4 is 11.1 Å². The van der Waals surface area contributed by atoms with E-state index in [9.17, 15) is 4.79 Å². The van der Waals surface area contributed by atoms with Gasteiger partial charge in [0.2, 0.25) is 0 Å². The first-order valence-electron chi connectivity index (χ1n) is 4.20. The lowest BCUT2D eigenvalue weighted by Crippen LogP contribution is -2.39. The van der Waals surface area contributed by atoms with Gasteiger partial charge in [-0.3, -0.25) is 4.79 Å². The number of nitrogens with zero attached hydrogens (tertiary/aromatic N) is 1. The molecule has 0 fully saturated rings. The van der Waals surface area contributed by atoms with Crippen LogP contribution in [-0.4, -0.2) is 28.6 Å². The van der Waals surface area contributed by atoms with Crippen LogP contribution in [0.3, 0.4) is 0 Å². The minimum atomic E-state index is -0.993. The molecule has 78 valence electrons. The highest BCUT2D eigenvalue weighted by molar-refractivity contribution is 7.11. The van der Waals surface area contributed by atoms with E-state index in [1.165, 1.54) is 0 Å². The first-order valence-corrected chi connectivity index (χ1v) is 5.01. The molecule has 1 heterocycles. The molecule has 14 heavy (non-hydrogen) atoms. The molecule has 0 radical (unpaired) electrons. The van der Waals surface area contributed by atoms with Gasteiger partial charge in [0, 0.05) is 24.2 Å². The van der Waals surface area contributed by atoms with Crippen LogP contribution in [0.4, 0.5) is 0 Å². The summed E-state index contributed by atoms with van der Waals surface area (Å²) in [4.78, 5) is 15.6. The number of hydrogen-bond donors (Lipinski definition) is 3. The Morgan fingerprint density at radius 2 is 2.57 bits per heavy atom. The lowest BCUT2D eigenvalue weighted by Gasteiger charge is -2.06. The first-order chi connectivity index (χ1) is 6.59. The zero-order valence-electron chi connectivity index (χ0n) is 7.86. The highest BCUT2D eigenvalue weighted by atomic mass is 32.1. The van der Waals surface area contributed by atoms with Crippen LogP contribution >= 0.6 is 11.3 Å². The minimum absolute atomic E-state index is 0.258. The average Bonchev–Trinajstić information content (AvgIpc) is 2.51. The number of thiazole rings is 1. The summed E-state index contributed by atoms with van der Waals surface area (Å²) in [7, 11) is 0. The first kappa shape index (κ1) is 11.1. The van der Waals surface area contributed by atoms with Crippen molar-refractivity contribution in [1.29, 1.82) is 0 Å². The third-order valence-corrected chi connectivity index (χ3v) is 2.54. The topological polar surface area (TPSA) is 88.2 Å². The quantitative estimate of drug-likeness (QED) is 0.641. The highest BCUT2D eigenvalue weighted by Crippen LogP contribution is 2.10. The van der Waals surface area contributed by atoms with Crippen molar-refractivity contribution in [2.45, 2.75) is 19.5 Å². The van der Waals surface area contributed by atoms with E-state index in [1.807, 2.05) is 6.92 Å². The average molecular weight is 215 g/mol. The second kappa shape index (κ2) is 5.04. The maximum atomic E-state index is 10.4. The van der Waals surface area contributed by atoms with Crippen molar-refractivity contribution < 1.29 is 9.90 Å². The summed E-state index contributed by atoms with van der Waals surface area (Å²) in [6, 6.07) is -0.851. The number of nitrogens with two attached hydrogens (primary N) is 1. The molecule has 0 saturated carbocycles. The molecule has 0 aliphatic rings. The summed E-state index contributed by atoms with van der Waals surface area (Å²) in [5.74, 6) is -0.993. The van der Waals surface area contributed by atoms with Gasteiger partial charge in [0.05, 0.1) is 0 Å². The number of rotatable bonds is 5. The van der Waals surface area contributed by atoms with Crippen LogP contribution in [0.15, 0.2) is 6.20 Å². The van der Waals surface area contributed by atoms with Crippen molar-refractivity contribution in [3.8, 4) is 0 Å². The maximum absolute atomic E-state index is 10.4. The van der Waals surface area contributed by atoms with Gasteiger partial charge in [0.1, 0.15) is 11.0 Å². The molecule has 0 bridgehead atoms. The molecule has 0 saturated heterocycles. The van der Waals surface area contributed by atoms with E-state index in [0.717, 1.165) is 9.88 Å². The summed E-state index contributed by atoms with van der Waals surface area (Å²) >= 11 is 1.59. The number of nitrogens with one attached hydrogen (secondary N) is 1. The number of carboxylic acids is 1. The SMILES string of the molecule is Cc1cnc(CNCC(N)C(=O)O)s1. The Morgan fingerprint density at radius 3 is 3.07 bits per heavy atom. The van der Waals surface area contributed by atoms with Crippen molar-refractivity contribution in [2.75, 3.05) is 6.54 Å². The Hall–Kier alpha value is -0.980. The monoisotopic (exact) mass is 215 g/mol. The van der Waals surface area contributed by atoms with E-state index in [1.54, 1.807) is 17.5 Å². The lowest BCUT2D eigenvalue weighted by atomic mass is 10.3. The molecule has 4 N–H and O–H groups in total. The number of aryl methyl sites for hydroxylation is 1. The molecule has 1 rings (SSSR count). The molecule has 0 amide bonds. The van der Waals surface area contributed by atoms with Crippen LogP contribution in [0.25, 0.3) is 0 Å². The Morgan fingerprint density at radius 1 is 1.86 bits per heavy atom. The molecule has 6 heteroatoms. The Bertz CT molecular complexity index is 313. The highest BCUT2D eigenvalue weighted by Gasteiger charge is 2.10. The standard InChI is InChI=1S/C8H13N3O2S/c1-5-2-11-7(14-5)4-10-3-6(9)8(12)13/h2,6,10H,3-4,9H2,1H3,(H,12,13). The summed E-state index contributed by atoms with van der Waals surface area (Å²) < 4.78 is 0. The number of hydrogen-bond acceptors (Lipinski definition) is 5. The smallest absolute Gasteiger partial charge is 0.321 e. The fraction of sp³-hybridized carbons (Fsp3) is 0.500. The molecule has 0 aliphatic heterocycles. The van der Waals surface area contributed by atoms with Gasteiger partial charge in [-0.15, -0.1) is 11.3 Å². The molecule has 5 nitrogen and oxygen atoms in total. The van der Waals surface area contributed by atoms with Gasteiger partial charge in [-0.1, -0.05) is 0 Å². The summed E-state index contributed by atoms with van der Waals surface area (Å²) in [6.07, 6.45) is 1.79. The summed E-state index contributed by atoms with van der Waals surface area (Å²) in [6.45, 7) is 2.80. The Kier molecular flexibility index (Phi) is 3.99. The predicted molar refractivity (Wildman–Crippen MR) is 54.2 cm³/mol. The van der Waals surface area contributed by atoms with Gasteiger partial charge in [-0.25, -0.2) is 4.98 Å². The van der Waals surface area contributed by atoms with Crippen molar-refractivity contribution >= 4 is 17.3 Å². The van der Waals surface area contributed by atoms with Gasteiger partial charge < -0.3 is 16.2 Å². The molecular formula is C8H13N3O2S. The van der Waals surface area contributed by atoms with Gasteiger partial charge in [-0.05, 0) is 6.92 Å². The van der Waals surface area contributed by atoms with E-state index in [-0.39, 0.29) is 6.54 Å². The van der Waals surface area contributed by atoms with Crippen LogP contribution in [0.2, 0.25) is 0 Å². The van der Waals surface area contributed by atoms with Crippen molar-refractivity contribution in [3.63, 3.8) is 0 Å². The van der Waals surface area contributed by atoms with E-state index in [0.29, 0.717) is 6.54 Å². The lowest BCUT2D eigenvalue weighted by molar-refractivity contribution is -0.138. The zero-order chi connectivity index (χ0) is 10.6. The van der Waals surface area contributed by atoms with Crippen LogP contribution in [0.1, 0.15) is 9.88 Å². The Labute approximate surface area is 86.0 Å². The molecule has 1 aromatic rings. The fourth-order valence-electron chi connectivity index (χ4n) is 0.905. The van der Waals surface area contributed by atoms with E-state index in [2.05, 4.69) is 10.3 Å². The van der Waals surface area contributed by atoms with E-state index in [4.69, 9.17) is 10.8 Å². The summed E-state index contributed by atoms with van der Waals surface area (Å²) in [5.41, 5.74) is 5.31. The third kappa shape index (κ3) is 3.41. The van der Waals surface area contributed by atoms with Crippen molar-refractivity contribution in [3.05, 3.63) is 16.1 Å². The third-order valence-electron chi connectivity index (χ3n) is 1.63. The largest absolute Gasteiger partial charge is 0.480 e. The van der Waals surface area contributed by atoms with Crippen LogP contribution in [-0.2, 0) is 11.3 Å². The number of aromatic nitrogens is 1. The molecule has 1 aromatic heterocycles. The van der Waals surface area contributed by atoms with Crippen LogP contribution in [0.5, 0.6) is 0 Å². The minimum Gasteiger partial charge on any atom is -0.480 e. The number of aliphatic carboxylic acids is 1. The van der Waals surface area contributed by atoms with Crippen LogP contribution in [0, 0.1) is 6.92 Å².